The molecule has 0 heterocycles. The first-order valence-corrected chi connectivity index (χ1v) is 6.92. The fourth-order valence-corrected chi connectivity index (χ4v) is 2.70. The van der Waals surface area contributed by atoms with Gasteiger partial charge in [0, 0.05) is 12.1 Å². The molecule has 1 saturated carbocycles. The van der Waals surface area contributed by atoms with Crippen LogP contribution in [0.4, 0.5) is 0 Å². The van der Waals surface area contributed by atoms with Crippen LogP contribution in [0.2, 0.25) is 0 Å². The van der Waals surface area contributed by atoms with Crippen LogP contribution >= 0.6 is 0 Å². The van der Waals surface area contributed by atoms with Crippen molar-refractivity contribution >= 4 is 0 Å². The van der Waals surface area contributed by atoms with Crippen LogP contribution in [-0.4, -0.2) is 30.6 Å². The fourth-order valence-electron chi connectivity index (χ4n) is 2.70. The van der Waals surface area contributed by atoms with Gasteiger partial charge in [-0.25, -0.2) is 0 Å². The zero-order valence-corrected chi connectivity index (χ0v) is 11.6. The second-order valence-electron chi connectivity index (χ2n) is 6.09. The first-order valence-electron chi connectivity index (χ1n) is 6.92. The number of hydrogen-bond donors (Lipinski definition) is 1. The summed E-state index contributed by atoms with van der Waals surface area (Å²) < 4.78 is 0. The summed E-state index contributed by atoms with van der Waals surface area (Å²) >= 11 is 0. The topological polar surface area (TPSA) is 29.3 Å². The molecule has 0 aromatic carbocycles. The van der Waals surface area contributed by atoms with E-state index in [2.05, 4.69) is 32.7 Å². The molecule has 2 atom stereocenters. The van der Waals surface area contributed by atoms with E-state index in [0.717, 1.165) is 18.4 Å². The molecule has 0 aromatic heterocycles. The van der Waals surface area contributed by atoms with Gasteiger partial charge in [0.1, 0.15) is 0 Å². The van der Waals surface area contributed by atoms with Crippen LogP contribution in [0.5, 0.6) is 0 Å². The SMILES string of the molecule is CCC(C)(C)N(C)CC1CCCCC1CN. The highest BCUT2D eigenvalue weighted by Gasteiger charge is 2.29. The molecule has 2 N–H and O–H groups in total. The summed E-state index contributed by atoms with van der Waals surface area (Å²) in [5.74, 6) is 1.60. The number of hydrogen-bond acceptors (Lipinski definition) is 2. The second kappa shape index (κ2) is 6.02. The lowest BCUT2D eigenvalue weighted by Crippen LogP contribution is -2.45. The van der Waals surface area contributed by atoms with Crippen LogP contribution in [0.1, 0.15) is 52.9 Å². The van der Waals surface area contributed by atoms with Gasteiger partial charge in [-0.2, -0.15) is 0 Å². The molecule has 2 nitrogen and oxygen atoms in total. The standard InChI is InChI=1S/C14H30N2/c1-5-14(2,3)16(4)11-13-9-7-6-8-12(13)10-15/h12-13H,5-11,15H2,1-4H3. The maximum absolute atomic E-state index is 5.89. The van der Waals surface area contributed by atoms with Gasteiger partial charge >= 0.3 is 0 Å². The molecule has 0 aliphatic heterocycles. The summed E-state index contributed by atoms with van der Waals surface area (Å²) in [5.41, 5.74) is 6.22. The average molecular weight is 226 g/mol. The van der Waals surface area contributed by atoms with E-state index in [1.165, 1.54) is 38.6 Å². The highest BCUT2D eigenvalue weighted by Crippen LogP contribution is 2.31. The van der Waals surface area contributed by atoms with Gasteiger partial charge in [-0.3, -0.25) is 0 Å². The van der Waals surface area contributed by atoms with E-state index in [9.17, 15) is 0 Å². The fraction of sp³-hybridized carbons (Fsp3) is 1.00. The number of nitrogens with zero attached hydrogens (tertiary/aromatic N) is 1. The van der Waals surface area contributed by atoms with Crippen LogP contribution in [-0.2, 0) is 0 Å². The molecular formula is C14H30N2. The van der Waals surface area contributed by atoms with Crippen molar-refractivity contribution in [3.05, 3.63) is 0 Å². The van der Waals surface area contributed by atoms with Crippen molar-refractivity contribution in [2.45, 2.75) is 58.4 Å². The molecule has 2 heteroatoms. The van der Waals surface area contributed by atoms with Crippen LogP contribution in [0.25, 0.3) is 0 Å². The lowest BCUT2D eigenvalue weighted by atomic mass is 9.78. The molecule has 1 fully saturated rings. The van der Waals surface area contributed by atoms with E-state index < -0.39 is 0 Å². The summed E-state index contributed by atoms with van der Waals surface area (Å²) in [7, 11) is 2.27. The predicted octanol–water partition coefficient (Wildman–Crippen LogP) is 2.87. The zero-order valence-electron chi connectivity index (χ0n) is 11.6. The molecule has 2 unspecified atom stereocenters. The van der Waals surface area contributed by atoms with Crippen molar-refractivity contribution < 1.29 is 0 Å². The molecule has 0 saturated heterocycles. The maximum Gasteiger partial charge on any atom is 0.0147 e. The third-order valence-electron chi connectivity index (χ3n) is 4.78. The summed E-state index contributed by atoms with van der Waals surface area (Å²) in [6.07, 6.45) is 6.73. The van der Waals surface area contributed by atoms with Gasteiger partial charge in [0.15, 0.2) is 0 Å². The van der Waals surface area contributed by atoms with E-state index in [-0.39, 0.29) is 0 Å². The van der Waals surface area contributed by atoms with E-state index in [4.69, 9.17) is 5.73 Å². The molecule has 0 spiro atoms. The Labute approximate surface area is 102 Å². The highest BCUT2D eigenvalue weighted by atomic mass is 15.2. The van der Waals surface area contributed by atoms with Crippen molar-refractivity contribution in [1.82, 2.24) is 4.90 Å². The van der Waals surface area contributed by atoms with Crippen LogP contribution < -0.4 is 5.73 Å². The number of rotatable bonds is 5. The second-order valence-corrected chi connectivity index (χ2v) is 6.09. The monoisotopic (exact) mass is 226 g/mol. The summed E-state index contributed by atoms with van der Waals surface area (Å²) in [5, 5.41) is 0. The van der Waals surface area contributed by atoms with E-state index in [0.29, 0.717) is 5.54 Å². The van der Waals surface area contributed by atoms with Gasteiger partial charge in [0.2, 0.25) is 0 Å². The van der Waals surface area contributed by atoms with E-state index >= 15 is 0 Å². The van der Waals surface area contributed by atoms with Gasteiger partial charge in [0.05, 0.1) is 0 Å². The smallest absolute Gasteiger partial charge is 0.0147 e. The van der Waals surface area contributed by atoms with Gasteiger partial charge in [-0.05, 0) is 58.5 Å². The van der Waals surface area contributed by atoms with Crippen LogP contribution in [0, 0.1) is 11.8 Å². The Morgan fingerprint density at radius 3 is 2.25 bits per heavy atom. The molecular weight excluding hydrogens is 196 g/mol. The Bertz CT molecular complexity index is 201. The van der Waals surface area contributed by atoms with Crippen LogP contribution in [0.15, 0.2) is 0 Å². The number of nitrogens with two attached hydrogens (primary N) is 1. The molecule has 1 aliphatic carbocycles. The van der Waals surface area contributed by atoms with Crippen molar-refractivity contribution in [1.29, 1.82) is 0 Å². The largest absolute Gasteiger partial charge is 0.330 e. The van der Waals surface area contributed by atoms with Crippen molar-refractivity contribution in [2.75, 3.05) is 20.1 Å². The molecule has 0 bridgehead atoms. The summed E-state index contributed by atoms with van der Waals surface area (Å²) in [6, 6.07) is 0. The van der Waals surface area contributed by atoms with Crippen molar-refractivity contribution in [3.63, 3.8) is 0 Å². The minimum absolute atomic E-state index is 0.330. The Kier molecular flexibility index (Phi) is 5.26. The minimum Gasteiger partial charge on any atom is -0.330 e. The predicted molar refractivity (Wildman–Crippen MR) is 71.5 cm³/mol. The molecule has 16 heavy (non-hydrogen) atoms. The first-order chi connectivity index (χ1) is 7.51. The van der Waals surface area contributed by atoms with Crippen LogP contribution in [0.3, 0.4) is 0 Å². The molecule has 96 valence electrons. The summed E-state index contributed by atoms with van der Waals surface area (Å²) in [4.78, 5) is 2.53. The first kappa shape index (κ1) is 14.0. The molecule has 1 aliphatic rings. The van der Waals surface area contributed by atoms with Crippen molar-refractivity contribution in [2.24, 2.45) is 17.6 Å². The molecule has 0 amide bonds. The highest BCUT2D eigenvalue weighted by molar-refractivity contribution is 4.83. The van der Waals surface area contributed by atoms with E-state index in [1.54, 1.807) is 0 Å². The Hall–Kier alpha value is -0.0800. The lowest BCUT2D eigenvalue weighted by Gasteiger charge is -2.40. The van der Waals surface area contributed by atoms with Gasteiger partial charge in [0.25, 0.3) is 0 Å². The van der Waals surface area contributed by atoms with E-state index in [1.807, 2.05) is 0 Å². The Morgan fingerprint density at radius 1 is 1.19 bits per heavy atom. The quantitative estimate of drug-likeness (QED) is 0.781. The minimum atomic E-state index is 0.330. The average Bonchev–Trinajstić information content (AvgIpc) is 2.29. The molecule has 0 radical (unpaired) electrons. The third kappa shape index (κ3) is 3.46. The van der Waals surface area contributed by atoms with Gasteiger partial charge in [-0.1, -0.05) is 19.8 Å². The van der Waals surface area contributed by atoms with Crippen molar-refractivity contribution in [3.8, 4) is 0 Å². The third-order valence-corrected chi connectivity index (χ3v) is 4.78. The molecule has 1 rings (SSSR count). The zero-order chi connectivity index (χ0) is 12.2. The maximum atomic E-state index is 5.89. The molecule has 0 aromatic rings. The van der Waals surface area contributed by atoms with Gasteiger partial charge in [-0.15, -0.1) is 0 Å². The lowest BCUT2D eigenvalue weighted by molar-refractivity contribution is 0.0933. The Morgan fingerprint density at radius 2 is 1.75 bits per heavy atom. The summed E-state index contributed by atoms with van der Waals surface area (Å²) in [6.45, 7) is 9.06. The van der Waals surface area contributed by atoms with Gasteiger partial charge < -0.3 is 10.6 Å². The normalized spacial score (nSPS) is 27.4. The Balaban J connectivity index is 2.51.